The number of aliphatic imine (C=N–C) groups is 1. The third kappa shape index (κ3) is 5.34. The number of nitrogens with one attached hydrogen (secondary N) is 1. The zero-order valence-corrected chi connectivity index (χ0v) is 17.4. The second kappa shape index (κ2) is 10.0. The molecule has 0 amide bonds. The van der Waals surface area contributed by atoms with Gasteiger partial charge in [-0.05, 0) is 37.0 Å². The van der Waals surface area contributed by atoms with Crippen molar-refractivity contribution in [3.63, 3.8) is 0 Å². The zero-order chi connectivity index (χ0) is 20.6. The van der Waals surface area contributed by atoms with Gasteiger partial charge < -0.3 is 19.5 Å². The van der Waals surface area contributed by atoms with E-state index in [-0.39, 0.29) is 11.9 Å². The van der Waals surface area contributed by atoms with Gasteiger partial charge in [-0.1, -0.05) is 24.2 Å². The number of likely N-dealkylation sites (tertiary alicyclic amines) is 1. The molecule has 0 radical (unpaired) electrons. The van der Waals surface area contributed by atoms with Gasteiger partial charge in [0.05, 0.1) is 13.0 Å². The monoisotopic (exact) mass is 399 g/mol. The van der Waals surface area contributed by atoms with Crippen LogP contribution in [0.1, 0.15) is 31.2 Å². The van der Waals surface area contributed by atoms with Crippen LogP contribution in [0.15, 0.2) is 33.8 Å². The maximum Gasteiger partial charge on any atom is 0.308 e. The van der Waals surface area contributed by atoms with Crippen molar-refractivity contribution in [3.8, 4) is 11.5 Å². The van der Waals surface area contributed by atoms with Crippen molar-refractivity contribution in [2.24, 2.45) is 10.9 Å². The topological polar surface area (TPSA) is 92.9 Å². The molecule has 29 heavy (non-hydrogen) atoms. The van der Waals surface area contributed by atoms with Gasteiger partial charge in [0.15, 0.2) is 11.8 Å². The smallest absolute Gasteiger partial charge is 0.308 e. The van der Waals surface area contributed by atoms with Crippen LogP contribution in [0.25, 0.3) is 11.5 Å². The van der Waals surface area contributed by atoms with Crippen LogP contribution in [0, 0.1) is 5.92 Å². The number of carbonyl (C=O) groups excluding carboxylic acids is 1. The fourth-order valence-electron chi connectivity index (χ4n) is 3.47. The third-order valence-corrected chi connectivity index (χ3v) is 5.22. The largest absolute Gasteiger partial charge is 0.469 e. The number of nitrogens with zero attached hydrogens (tertiary/aromatic N) is 4. The highest BCUT2D eigenvalue weighted by molar-refractivity contribution is 5.80. The standard InChI is InChI=1S/C21H29N5O3/c1-4-18-24-19(29-25-18)16-7-5-15(6-8-16)9-12-23-21(22-2)26-13-10-17(11-14-26)20(27)28-3/h5-8,17H,4,9-14H2,1-3H3,(H,22,23). The Morgan fingerprint density at radius 2 is 2.03 bits per heavy atom. The number of aromatic nitrogens is 2. The Hall–Kier alpha value is -2.90. The highest BCUT2D eigenvalue weighted by Gasteiger charge is 2.26. The number of methoxy groups -OCH3 is 1. The van der Waals surface area contributed by atoms with Crippen LogP contribution in [-0.2, 0) is 22.4 Å². The van der Waals surface area contributed by atoms with Crippen molar-refractivity contribution in [1.82, 2.24) is 20.4 Å². The molecule has 2 aromatic rings. The van der Waals surface area contributed by atoms with Crippen LogP contribution in [0.5, 0.6) is 0 Å². The first-order chi connectivity index (χ1) is 14.1. The highest BCUT2D eigenvalue weighted by atomic mass is 16.5. The second-order valence-electron chi connectivity index (χ2n) is 7.07. The van der Waals surface area contributed by atoms with Gasteiger partial charge in [-0.3, -0.25) is 9.79 Å². The van der Waals surface area contributed by atoms with Gasteiger partial charge in [-0.15, -0.1) is 0 Å². The van der Waals surface area contributed by atoms with E-state index in [1.165, 1.54) is 12.7 Å². The third-order valence-electron chi connectivity index (χ3n) is 5.22. The molecule has 8 heteroatoms. The molecule has 8 nitrogen and oxygen atoms in total. The highest BCUT2D eigenvalue weighted by Crippen LogP contribution is 2.19. The summed E-state index contributed by atoms with van der Waals surface area (Å²) in [5.74, 6) is 2.04. The predicted octanol–water partition coefficient (Wildman–Crippen LogP) is 2.30. The van der Waals surface area contributed by atoms with Crippen molar-refractivity contribution in [2.45, 2.75) is 32.6 Å². The molecule has 1 aromatic heterocycles. The molecule has 0 atom stereocenters. The summed E-state index contributed by atoms with van der Waals surface area (Å²) in [5, 5.41) is 7.36. The molecule has 1 aromatic carbocycles. The molecular formula is C21H29N5O3. The van der Waals surface area contributed by atoms with E-state index in [4.69, 9.17) is 9.26 Å². The van der Waals surface area contributed by atoms with E-state index < -0.39 is 0 Å². The first-order valence-corrected chi connectivity index (χ1v) is 10.1. The van der Waals surface area contributed by atoms with Gasteiger partial charge in [-0.2, -0.15) is 4.98 Å². The lowest BCUT2D eigenvalue weighted by Crippen LogP contribution is -2.47. The van der Waals surface area contributed by atoms with Crippen LogP contribution >= 0.6 is 0 Å². The zero-order valence-electron chi connectivity index (χ0n) is 17.4. The Morgan fingerprint density at radius 1 is 1.31 bits per heavy atom. The van der Waals surface area contributed by atoms with Gasteiger partial charge >= 0.3 is 5.97 Å². The lowest BCUT2D eigenvalue weighted by molar-refractivity contribution is -0.146. The Labute approximate surface area is 171 Å². The van der Waals surface area contributed by atoms with E-state index >= 15 is 0 Å². The average Bonchev–Trinajstić information content (AvgIpc) is 3.26. The molecule has 0 bridgehead atoms. The summed E-state index contributed by atoms with van der Waals surface area (Å²) in [6.45, 7) is 4.39. The normalized spacial score (nSPS) is 15.4. The number of esters is 1. The molecule has 0 spiro atoms. The van der Waals surface area contributed by atoms with Gasteiger partial charge in [0.2, 0.25) is 0 Å². The van der Waals surface area contributed by atoms with Crippen LogP contribution in [0.3, 0.4) is 0 Å². The van der Waals surface area contributed by atoms with Gasteiger partial charge in [0, 0.05) is 38.7 Å². The van der Waals surface area contributed by atoms with E-state index in [2.05, 4.69) is 37.5 Å². The molecular weight excluding hydrogens is 370 g/mol. The Kier molecular flexibility index (Phi) is 7.21. The minimum absolute atomic E-state index is 0.000118. The van der Waals surface area contributed by atoms with Crippen molar-refractivity contribution in [1.29, 1.82) is 0 Å². The lowest BCUT2D eigenvalue weighted by atomic mass is 9.97. The quantitative estimate of drug-likeness (QED) is 0.453. The summed E-state index contributed by atoms with van der Waals surface area (Å²) < 4.78 is 10.1. The van der Waals surface area contributed by atoms with Gasteiger partial charge in [-0.25, -0.2) is 0 Å². The van der Waals surface area contributed by atoms with Crippen LogP contribution in [-0.4, -0.2) is 60.8 Å². The number of rotatable bonds is 6. The second-order valence-corrected chi connectivity index (χ2v) is 7.07. The molecule has 1 N–H and O–H groups in total. The summed E-state index contributed by atoms with van der Waals surface area (Å²) in [4.78, 5) is 22.6. The van der Waals surface area contributed by atoms with Gasteiger partial charge in [0.1, 0.15) is 0 Å². The van der Waals surface area contributed by atoms with E-state index in [1.54, 1.807) is 7.05 Å². The van der Waals surface area contributed by atoms with E-state index in [0.29, 0.717) is 5.89 Å². The maximum atomic E-state index is 11.7. The van der Waals surface area contributed by atoms with Crippen LogP contribution < -0.4 is 5.32 Å². The number of piperidine rings is 1. The molecule has 2 heterocycles. The maximum absolute atomic E-state index is 11.7. The van der Waals surface area contributed by atoms with E-state index in [0.717, 1.165) is 62.7 Å². The summed E-state index contributed by atoms with van der Waals surface area (Å²) in [5.41, 5.74) is 2.15. The van der Waals surface area contributed by atoms with Crippen LogP contribution in [0.2, 0.25) is 0 Å². The fourth-order valence-corrected chi connectivity index (χ4v) is 3.47. The predicted molar refractivity (Wildman–Crippen MR) is 110 cm³/mol. The molecule has 0 aliphatic carbocycles. The van der Waals surface area contributed by atoms with Crippen molar-refractivity contribution < 1.29 is 14.1 Å². The molecule has 156 valence electrons. The summed E-state index contributed by atoms with van der Waals surface area (Å²) in [6.07, 6.45) is 3.23. The molecule has 1 fully saturated rings. The first-order valence-electron chi connectivity index (χ1n) is 10.1. The van der Waals surface area contributed by atoms with E-state index in [1.807, 2.05) is 19.1 Å². The first kappa shape index (κ1) is 20.8. The molecule has 0 saturated carbocycles. The number of aryl methyl sites for hydroxylation is 1. The SMILES string of the molecule is CCc1noc(-c2ccc(CCNC(=NC)N3CCC(C(=O)OC)CC3)cc2)n1. The number of guanidine groups is 1. The average molecular weight is 399 g/mol. The van der Waals surface area contributed by atoms with Crippen molar-refractivity contribution >= 4 is 11.9 Å². The van der Waals surface area contributed by atoms with Crippen molar-refractivity contribution in [3.05, 3.63) is 35.7 Å². The number of carbonyl (C=O) groups is 1. The number of hydrogen-bond donors (Lipinski definition) is 1. The summed E-state index contributed by atoms with van der Waals surface area (Å²) in [7, 11) is 3.24. The number of benzene rings is 1. The Bertz CT molecular complexity index is 823. The number of ether oxygens (including phenoxy) is 1. The van der Waals surface area contributed by atoms with Crippen LogP contribution in [0.4, 0.5) is 0 Å². The number of hydrogen-bond acceptors (Lipinski definition) is 6. The Morgan fingerprint density at radius 3 is 2.62 bits per heavy atom. The summed E-state index contributed by atoms with van der Waals surface area (Å²) >= 11 is 0. The molecule has 1 saturated heterocycles. The molecule has 1 aliphatic heterocycles. The molecule has 3 rings (SSSR count). The minimum Gasteiger partial charge on any atom is -0.469 e. The summed E-state index contributed by atoms with van der Waals surface area (Å²) in [6, 6.07) is 8.18. The molecule has 1 aliphatic rings. The van der Waals surface area contributed by atoms with E-state index in [9.17, 15) is 4.79 Å². The Balaban J connectivity index is 1.47. The molecule has 0 unspecified atom stereocenters. The fraction of sp³-hybridized carbons (Fsp3) is 0.524. The lowest BCUT2D eigenvalue weighted by Gasteiger charge is -2.33. The van der Waals surface area contributed by atoms with Gasteiger partial charge in [0.25, 0.3) is 5.89 Å². The minimum atomic E-state index is -0.109. The van der Waals surface area contributed by atoms with Crippen molar-refractivity contribution in [2.75, 3.05) is 33.8 Å².